The molecule has 198 valence electrons. The van der Waals surface area contributed by atoms with Crippen LogP contribution in [0.1, 0.15) is 66.2 Å². The molecular weight excluding hydrogens is 448 g/mol. The summed E-state index contributed by atoms with van der Waals surface area (Å²) in [4.78, 5) is 34.7. The molecular formula is C25H44N6O4. The molecule has 0 bridgehead atoms. The second-order valence-electron chi connectivity index (χ2n) is 9.76. The molecule has 10 heteroatoms. The van der Waals surface area contributed by atoms with Crippen molar-refractivity contribution in [2.45, 2.75) is 77.8 Å². The van der Waals surface area contributed by atoms with Gasteiger partial charge in [0.15, 0.2) is 0 Å². The second-order valence-corrected chi connectivity index (χ2v) is 9.76. The number of guanidine groups is 1. The first kappa shape index (κ1) is 28.9. The molecule has 2 amide bonds. The van der Waals surface area contributed by atoms with Gasteiger partial charge < -0.3 is 24.6 Å². The molecule has 2 N–H and O–H groups in total. The first-order chi connectivity index (χ1) is 16.8. The number of carbonyl (C=O) groups excluding carboxylic acids is 2. The summed E-state index contributed by atoms with van der Waals surface area (Å²) in [6, 6.07) is 1.67. The third-order valence-corrected chi connectivity index (χ3v) is 6.47. The molecule has 2 aliphatic heterocycles. The highest BCUT2D eigenvalue weighted by molar-refractivity contribution is 5.96. The van der Waals surface area contributed by atoms with E-state index in [4.69, 9.17) is 14.5 Å². The van der Waals surface area contributed by atoms with Gasteiger partial charge in [0.05, 0.1) is 25.9 Å². The monoisotopic (exact) mass is 492 g/mol. The maximum Gasteiger partial charge on any atom is 0.413 e. The minimum atomic E-state index is -0.888. The Bertz CT molecular complexity index is 737. The Kier molecular flexibility index (Phi) is 12.3. The van der Waals surface area contributed by atoms with Crippen molar-refractivity contribution in [3.63, 3.8) is 0 Å². The van der Waals surface area contributed by atoms with Gasteiger partial charge in [-0.05, 0) is 45.1 Å². The molecule has 0 spiro atoms. The number of morpholine rings is 1. The van der Waals surface area contributed by atoms with Crippen LogP contribution in [0.5, 0.6) is 0 Å². The number of likely N-dealkylation sites (tertiary alicyclic amines) is 1. The summed E-state index contributed by atoms with van der Waals surface area (Å²) in [5.41, 5.74) is -0.888. The molecule has 35 heavy (non-hydrogen) atoms. The number of ether oxygens (including phenoxy) is 2. The Morgan fingerprint density at radius 3 is 2.40 bits per heavy atom. The fourth-order valence-electron chi connectivity index (χ4n) is 4.41. The zero-order valence-electron chi connectivity index (χ0n) is 22.0. The third kappa shape index (κ3) is 9.65. The molecule has 1 atom stereocenters. The van der Waals surface area contributed by atoms with Crippen LogP contribution < -0.4 is 10.6 Å². The van der Waals surface area contributed by atoms with E-state index in [1.165, 1.54) is 0 Å². The molecule has 1 unspecified atom stereocenters. The molecule has 2 fully saturated rings. The molecule has 2 heterocycles. The van der Waals surface area contributed by atoms with Crippen molar-refractivity contribution in [1.82, 2.24) is 20.4 Å². The average Bonchev–Trinajstić information content (AvgIpc) is 2.84. The van der Waals surface area contributed by atoms with Crippen molar-refractivity contribution in [2.24, 2.45) is 10.9 Å². The van der Waals surface area contributed by atoms with Crippen LogP contribution in [-0.2, 0) is 14.3 Å². The predicted octanol–water partition coefficient (Wildman–Crippen LogP) is 2.50. The maximum atomic E-state index is 13.5. The van der Waals surface area contributed by atoms with Gasteiger partial charge in [0.25, 0.3) is 0 Å². The van der Waals surface area contributed by atoms with E-state index in [2.05, 4.69) is 42.4 Å². The molecule has 0 saturated carbocycles. The van der Waals surface area contributed by atoms with Gasteiger partial charge in [0.1, 0.15) is 11.6 Å². The summed E-state index contributed by atoms with van der Waals surface area (Å²) in [6.45, 7) is 13.1. The smallest absolute Gasteiger partial charge is 0.413 e. The number of piperidine rings is 1. The molecule has 0 aromatic rings. The third-order valence-electron chi connectivity index (χ3n) is 6.47. The number of aliphatic imine (C=N–C) groups is 1. The molecule has 2 saturated heterocycles. The van der Waals surface area contributed by atoms with Crippen LogP contribution in [-0.4, -0.2) is 91.9 Å². The SMILES string of the molecule is CCCN1CCC(C#N)(NC(=O)C(CCCC(C)C)N=C(NC(=O)OCC)N2CCOCC2)CC1. The highest BCUT2D eigenvalue weighted by atomic mass is 16.5. The number of hydrogen-bond donors (Lipinski definition) is 2. The first-order valence-corrected chi connectivity index (χ1v) is 13.1. The lowest BCUT2D eigenvalue weighted by molar-refractivity contribution is -0.124. The van der Waals surface area contributed by atoms with Gasteiger partial charge in [0.2, 0.25) is 11.9 Å². The van der Waals surface area contributed by atoms with Gasteiger partial charge in [-0.25, -0.2) is 9.79 Å². The molecule has 2 rings (SSSR count). The van der Waals surface area contributed by atoms with Crippen LogP contribution in [0.15, 0.2) is 4.99 Å². The van der Waals surface area contributed by atoms with Gasteiger partial charge in [-0.2, -0.15) is 5.26 Å². The number of nitrogens with zero attached hydrogens (tertiary/aromatic N) is 4. The number of nitrogens with one attached hydrogen (secondary N) is 2. The van der Waals surface area contributed by atoms with Crippen molar-refractivity contribution in [3.8, 4) is 6.07 Å². The Balaban J connectivity index is 2.22. The number of alkyl carbamates (subject to hydrolysis) is 1. The van der Waals surface area contributed by atoms with Gasteiger partial charge in [-0.1, -0.05) is 33.6 Å². The highest BCUT2D eigenvalue weighted by Crippen LogP contribution is 2.23. The Morgan fingerprint density at radius 2 is 1.83 bits per heavy atom. The minimum absolute atomic E-state index is 0.236. The van der Waals surface area contributed by atoms with E-state index in [1.807, 2.05) is 4.90 Å². The van der Waals surface area contributed by atoms with Gasteiger partial charge in [-0.3, -0.25) is 10.1 Å². The van der Waals surface area contributed by atoms with Crippen LogP contribution in [0.25, 0.3) is 0 Å². The maximum absolute atomic E-state index is 13.5. The Labute approximate surface area is 210 Å². The summed E-state index contributed by atoms with van der Waals surface area (Å²) in [5.74, 6) is 0.559. The normalized spacial score (nSPS) is 19.7. The molecule has 0 aromatic heterocycles. The van der Waals surface area contributed by atoms with Crippen LogP contribution in [0.2, 0.25) is 0 Å². The molecule has 0 aromatic carbocycles. The summed E-state index contributed by atoms with van der Waals surface area (Å²) in [7, 11) is 0. The van der Waals surface area contributed by atoms with Gasteiger partial charge in [-0.15, -0.1) is 0 Å². The number of amides is 2. The van der Waals surface area contributed by atoms with Crippen LogP contribution in [0, 0.1) is 17.2 Å². The number of rotatable bonds is 10. The van der Waals surface area contributed by atoms with Crippen molar-refractivity contribution < 1.29 is 19.1 Å². The van der Waals surface area contributed by atoms with E-state index < -0.39 is 17.7 Å². The Hall–Kier alpha value is -2.38. The second kappa shape index (κ2) is 14.9. The zero-order valence-corrected chi connectivity index (χ0v) is 22.0. The van der Waals surface area contributed by atoms with E-state index in [0.29, 0.717) is 57.4 Å². The fourth-order valence-corrected chi connectivity index (χ4v) is 4.41. The lowest BCUT2D eigenvalue weighted by Gasteiger charge is -2.38. The summed E-state index contributed by atoms with van der Waals surface area (Å²) in [5, 5.41) is 15.8. The fraction of sp³-hybridized carbons (Fsp3) is 0.840. The van der Waals surface area contributed by atoms with Crippen molar-refractivity contribution in [2.75, 3.05) is 52.5 Å². The highest BCUT2D eigenvalue weighted by Gasteiger charge is 2.37. The van der Waals surface area contributed by atoms with E-state index >= 15 is 0 Å². The van der Waals surface area contributed by atoms with Crippen molar-refractivity contribution in [3.05, 3.63) is 0 Å². The standard InChI is InChI=1S/C25H44N6O4/c1-5-12-30-13-10-25(19-26,11-14-30)29-22(32)21(9-7-8-20(3)4)27-23(28-24(33)35-6-2)31-15-17-34-18-16-31/h20-21H,5-18H2,1-4H3,(H,29,32)(H,27,28,33). The average molecular weight is 493 g/mol. The lowest BCUT2D eigenvalue weighted by atomic mass is 9.88. The van der Waals surface area contributed by atoms with E-state index in [1.54, 1.807) is 6.92 Å². The van der Waals surface area contributed by atoms with E-state index in [0.717, 1.165) is 38.9 Å². The van der Waals surface area contributed by atoms with Crippen molar-refractivity contribution >= 4 is 18.0 Å². The summed E-state index contributed by atoms with van der Waals surface area (Å²) in [6.07, 6.45) is 3.97. The van der Waals surface area contributed by atoms with Crippen LogP contribution >= 0.6 is 0 Å². The minimum Gasteiger partial charge on any atom is -0.450 e. The summed E-state index contributed by atoms with van der Waals surface area (Å²) < 4.78 is 10.5. The van der Waals surface area contributed by atoms with Crippen LogP contribution in [0.3, 0.4) is 0 Å². The molecule has 2 aliphatic rings. The quantitative estimate of drug-likeness (QED) is 0.355. The van der Waals surface area contributed by atoms with Gasteiger partial charge >= 0.3 is 6.09 Å². The predicted molar refractivity (Wildman–Crippen MR) is 135 cm³/mol. The lowest BCUT2D eigenvalue weighted by Crippen LogP contribution is -2.57. The Morgan fingerprint density at radius 1 is 1.14 bits per heavy atom. The largest absolute Gasteiger partial charge is 0.450 e. The van der Waals surface area contributed by atoms with Crippen LogP contribution in [0.4, 0.5) is 4.79 Å². The molecule has 0 aliphatic carbocycles. The van der Waals surface area contributed by atoms with Gasteiger partial charge in [0, 0.05) is 26.2 Å². The summed E-state index contributed by atoms with van der Waals surface area (Å²) >= 11 is 0. The molecule has 0 radical (unpaired) electrons. The van der Waals surface area contributed by atoms with E-state index in [9.17, 15) is 14.9 Å². The first-order valence-electron chi connectivity index (χ1n) is 13.1. The topological polar surface area (TPSA) is 119 Å². The number of hydrogen-bond acceptors (Lipinski definition) is 7. The van der Waals surface area contributed by atoms with E-state index in [-0.39, 0.29) is 12.5 Å². The number of nitriles is 1. The number of carbonyl (C=O) groups is 2. The zero-order chi connectivity index (χ0) is 25.7. The van der Waals surface area contributed by atoms with Crippen molar-refractivity contribution in [1.29, 1.82) is 5.26 Å². The molecule has 10 nitrogen and oxygen atoms in total.